The van der Waals surface area contributed by atoms with E-state index in [1.165, 1.54) is 6.07 Å². The molecular formula is C11H15N2O2. The standard InChI is InChI=1S/C11H15N2O2/c1-3-4-15-10-5-7(2)9(12)6-8(10)11(13)14/h5-6H,1,3-4,12H2,2H3,(H2,13,14). The van der Waals surface area contributed by atoms with Crippen molar-refractivity contribution in [2.24, 2.45) is 5.73 Å². The first-order valence-corrected chi connectivity index (χ1v) is 4.68. The van der Waals surface area contributed by atoms with Crippen LogP contribution in [0.25, 0.3) is 0 Å². The molecule has 0 aromatic heterocycles. The van der Waals surface area contributed by atoms with Gasteiger partial charge in [0, 0.05) is 5.69 Å². The lowest BCUT2D eigenvalue weighted by Gasteiger charge is -2.11. The zero-order valence-electron chi connectivity index (χ0n) is 8.75. The lowest BCUT2D eigenvalue weighted by atomic mass is 10.1. The van der Waals surface area contributed by atoms with Crippen LogP contribution in [0.5, 0.6) is 5.75 Å². The van der Waals surface area contributed by atoms with Crippen LogP contribution in [0.1, 0.15) is 22.3 Å². The summed E-state index contributed by atoms with van der Waals surface area (Å²) in [6.45, 7) is 5.94. The second-order valence-electron chi connectivity index (χ2n) is 3.27. The number of ether oxygens (including phenoxy) is 1. The van der Waals surface area contributed by atoms with Crippen molar-refractivity contribution in [2.45, 2.75) is 13.3 Å². The molecule has 0 heterocycles. The van der Waals surface area contributed by atoms with Crippen molar-refractivity contribution >= 4 is 11.6 Å². The van der Waals surface area contributed by atoms with E-state index in [9.17, 15) is 4.79 Å². The molecule has 1 aromatic rings. The van der Waals surface area contributed by atoms with E-state index in [0.29, 0.717) is 30.0 Å². The molecule has 0 saturated heterocycles. The molecule has 0 saturated carbocycles. The molecule has 0 aliphatic rings. The van der Waals surface area contributed by atoms with Crippen LogP contribution >= 0.6 is 0 Å². The molecule has 15 heavy (non-hydrogen) atoms. The summed E-state index contributed by atoms with van der Waals surface area (Å²) in [5.41, 5.74) is 12.6. The minimum Gasteiger partial charge on any atom is -0.493 e. The number of carbonyl (C=O) groups is 1. The highest BCUT2D eigenvalue weighted by Gasteiger charge is 2.11. The first-order valence-electron chi connectivity index (χ1n) is 4.68. The lowest BCUT2D eigenvalue weighted by molar-refractivity contribution is 0.0996. The first kappa shape index (κ1) is 11.4. The Morgan fingerprint density at radius 3 is 2.73 bits per heavy atom. The molecule has 1 aromatic carbocycles. The number of nitrogens with two attached hydrogens (primary N) is 2. The van der Waals surface area contributed by atoms with E-state index >= 15 is 0 Å². The van der Waals surface area contributed by atoms with Crippen molar-refractivity contribution < 1.29 is 9.53 Å². The molecule has 1 radical (unpaired) electrons. The predicted molar refractivity (Wildman–Crippen MR) is 59.6 cm³/mol. The van der Waals surface area contributed by atoms with Crippen LogP contribution in [-0.2, 0) is 0 Å². The van der Waals surface area contributed by atoms with E-state index in [0.717, 1.165) is 5.56 Å². The van der Waals surface area contributed by atoms with Gasteiger partial charge in [0.15, 0.2) is 0 Å². The van der Waals surface area contributed by atoms with Crippen LogP contribution in [0.3, 0.4) is 0 Å². The van der Waals surface area contributed by atoms with Crippen LogP contribution in [0, 0.1) is 13.8 Å². The van der Waals surface area contributed by atoms with E-state index in [1.807, 2.05) is 6.92 Å². The molecule has 0 aliphatic carbocycles. The number of amides is 1. The van der Waals surface area contributed by atoms with E-state index < -0.39 is 5.91 Å². The zero-order chi connectivity index (χ0) is 11.4. The quantitative estimate of drug-likeness (QED) is 0.730. The smallest absolute Gasteiger partial charge is 0.252 e. The summed E-state index contributed by atoms with van der Waals surface area (Å²) in [7, 11) is 0. The summed E-state index contributed by atoms with van der Waals surface area (Å²) in [5, 5.41) is 0. The molecule has 0 aliphatic heterocycles. The predicted octanol–water partition coefficient (Wildman–Crippen LogP) is 1.28. The first-order chi connectivity index (χ1) is 7.06. The van der Waals surface area contributed by atoms with E-state index in [-0.39, 0.29) is 0 Å². The van der Waals surface area contributed by atoms with Gasteiger partial charge in [0.25, 0.3) is 5.91 Å². The number of carbonyl (C=O) groups excluding carboxylic acids is 1. The highest BCUT2D eigenvalue weighted by Crippen LogP contribution is 2.24. The summed E-state index contributed by atoms with van der Waals surface area (Å²) in [5.74, 6) is -0.0707. The number of primary amides is 1. The summed E-state index contributed by atoms with van der Waals surface area (Å²) in [6, 6.07) is 3.25. The fourth-order valence-electron chi connectivity index (χ4n) is 1.19. The maximum atomic E-state index is 11.1. The van der Waals surface area contributed by atoms with Crippen LogP contribution in [-0.4, -0.2) is 12.5 Å². The average molecular weight is 207 g/mol. The Morgan fingerprint density at radius 2 is 2.20 bits per heavy atom. The Labute approximate surface area is 89.2 Å². The Bertz CT molecular complexity index is 375. The van der Waals surface area contributed by atoms with Crippen LogP contribution in [0.4, 0.5) is 5.69 Å². The number of anilines is 1. The number of hydrogen-bond donors (Lipinski definition) is 2. The van der Waals surface area contributed by atoms with Crippen molar-refractivity contribution in [1.29, 1.82) is 0 Å². The molecule has 0 unspecified atom stereocenters. The van der Waals surface area contributed by atoms with Crippen molar-refractivity contribution in [1.82, 2.24) is 0 Å². The maximum Gasteiger partial charge on any atom is 0.252 e. The number of aryl methyl sites for hydroxylation is 1. The highest BCUT2D eigenvalue weighted by atomic mass is 16.5. The second-order valence-corrected chi connectivity index (χ2v) is 3.27. The molecule has 0 bridgehead atoms. The Morgan fingerprint density at radius 1 is 1.53 bits per heavy atom. The van der Waals surface area contributed by atoms with Gasteiger partial charge in [0.2, 0.25) is 0 Å². The third kappa shape index (κ3) is 2.62. The molecule has 0 spiro atoms. The highest BCUT2D eigenvalue weighted by molar-refractivity contribution is 5.96. The summed E-state index contributed by atoms with van der Waals surface area (Å²) in [4.78, 5) is 11.1. The van der Waals surface area contributed by atoms with Gasteiger partial charge in [0.05, 0.1) is 12.2 Å². The summed E-state index contributed by atoms with van der Waals surface area (Å²) in [6.07, 6.45) is 0.627. The Hall–Kier alpha value is -1.71. The second kappa shape index (κ2) is 4.68. The van der Waals surface area contributed by atoms with Crippen LogP contribution < -0.4 is 16.2 Å². The SMILES string of the molecule is [CH2]CCOc1cc(C)c(N)cc1C(N)=O. The third-order valence-electron chi connectivity index (χ3n) is 2.04. The Balaban J connectivity index is 3.10. The van der Waals surface area contributed by atoms with E-state index in [2.05, 4.69) is 6.92 Å². The molecule has 0 fully saturated rings. The van der Waals surface area contributed by atoms with Gasteiger partial charge in [-0.3, -0.25) is 4.79 Å². The largest absolute Gasteiger partial charge is 0.493 e. The van der Waals surface area contributed by atoms with Gasteiger partial charge in [-0.2, -0.15) is 0 Å². The average Bonchev–Trinajstić information content (AvgIpc) is 2.19. The third-order valence-corrected chi connectivity index (χ3v) is 2.04. The minimum atomic E-state index is -0.541. The van der Waals surface area contributed by atoms with Gasteiger partial charge < -0.3 is 16.2 Å². The molecule has 4 nitrogen and oxygen atoms in total. The van der Waals surface area contributed by atoms with Crippen molar-refractivity contribution in [3.05, 3.63) is 30.2 Å². The molecule has 81 valence electrons. The van der Waals surface area contributed by atoms with E-state index in [4.69, 9.17) is 16.2 Å². The van der Waals surface area contributed by atoms with Gasteiger partial charge in [0.1, 0.15) is 5.75 Å². The van der Waals surface area contributed by atoms with Crippen molar-refractivity contribution in [3.8, 4) is 5.75 Å². The maximum absolute atomic E-state index is 11.1. The van der Waals surface area contributed by atoms with Crippen molar-refractivity contribution in [2.75, 3.05) is 12.3 Å². The van der Waals surface area contributed by atoms with Gasteiger partial charge >= 0.3 is 0 Å². The summed E-state index contributed by atoms with van der Waals surface area (Å²) >= 11 is 0. The molecule has 1 rings (SSSR count). The Kier molecular flexibility index (Phi) is 3.55. The topological polar surface area (TPSA) is 78.3 Å². The fraction of sp³-hybridized carbons (Fsp3) is 0.273. The zero-order valence-corrected chi connectivity index (χ0v) is 8.75. The van der Waals surface area contributed by atoms with Crippen LogP contribution in [0.2, 0.25) is 0 Å². The minimum absolute atomic E-state index is 0.312. The monoisotopic (exact) mass is 207 g/mol. The molecule has 0 atom stereocenters. The number of benzene rings is 1. The summed E-state index contributed by atoms with van der Waals surface area (Å²) < 4.78 is 5.36. The van der Waals surface area contributed by atoms with Gasteiger partial charge in [-0.05, 0) is 38.0 Å². The molecular weight excluding hydrogens is 192 g/mol. The normalized spacial score (nSPS) is 10.0. The lowest BCUT2D eigenvalue weighted by Crippen LogP contribution is -2.14. The number of nitrogen functional groups attached to an aromatic ring is 1. The van der Waals surface area contributed by atoms with Gasteiger partial charge in [-0.1, -0.05) is 0 Å². The van der Waals surface area contributed by atoms with Gasteiger partial charge in [-0.25, -0.2) is 0 Å². The van der Waals surface area contributed by atoms with E-state index in [1.54, 1.807) is 6.07 Å². The van der Waals surface area contributed by atoms with Crippen molar-refractivity contribution in [3.63, 3.8) is 0 Å². The fourth-order valence-corrected chi connectivity index (χ4v) is 1.19. The van der Waals surface area contributed by atoms with Gasteiger partial charge in [-0.15, -0.1) is 0 Å². The number of rotatable bonds is 4. The molecule has 4 N–H and O–H groups in total. The molecule has 4 heteroatoms. The molecule has 1 amide bonds. The number of hydrogen-bond acceptors (Lipinski definition) is 3. The van der Waals surface area contributed by atoms with Crippen LogP contribution in [0.15, 0.2) is 12.1 Å².